The summed E-state index contributed by atoms with van der Waals surface area (Å²) in [6.45, 7) is 0.551. The summed E-state index contributed by atoms with van der Waals surface area (Å²) in [7, 11) is 0. The van der Waals surface area contributed by atoms with Gasteiger partial charge in [-0.2, -0.15) is 0 Å². The van der Waals surface area contributed by atoms with Crippen molar-refractivity contribution in [3.05, 3.63) is 58.3 Å². The molecule has 0 aliphatic heterocycles. The lowest BCUT2D eigenvalue weighted by Gasteiger charge is -2.14. The molecule has 0 fully saturated rings. The third-order valence-corrected chi connectivity index (χ3v) is 4.48. The Morgan fingerprint density at radius 1 is 1.11 bits per heavy atom. The fourth-order valence-corrected chi connectivity index (χ4v) is 2.96. The van der Waals surface area contributed by atoms with Crippen molar-refractivity contribution in [1.82, 2.24) is 4.98 Å². The van der Waals surface area contributed by atoms with E-state index in [0.29, 0.717) is 16.6 Å². The molecule has 0 spiro atoms. The second kappa shape index (κ2) is 6.43. The molecule has 0 aliphatic carbocycles. The normalized spacial score (nSPS) is 12.4. The number of nitrogens with zero attached hydrogens (tertiary/aromatic N) is 1. The molecule has 0 radical (unpaired) electrons. The summed E-state index contributed by atoms with van der Waals surface area (Å²) in [5, 5.41) is 1.31. The second-order valence-corrected chi connectivity index (χ2v) is 5.79. The predicted octanol–water partition coefficient (Wildman–Crippen LogP) is 4.18. The maximum atomic E-state index is 6.00. The fourth-order valence-electron chi connectivity index (χ4n) is 1.54. The molecule has 2 aromatic rings. The van der Waals surface area contributed by atoms with E-state index in [4.69, 9.17) is 28.9 Å². The van der Waals surface area contributed by atoms with Crippen LogP contribution in [-0.2, 0) is 0 Å². The van der Waals surface area contributed by atoms with E-state index in [-0.39, 0.29) is 5.25 Å². The molecule has 94 valence electrons. The van der Waals surface area contributed by atoms with Gasteiger partial charge in [0.05, 0.1) is 10.0 Å². The van der Waals surface area contributed by atoms with Crippen LogP contribution < -0.4 is 5.73 Å². The molecular weight excluding hydrogens is 287 g/mol. The summed E-state index contributed by atoms with van der Waals surface area (Å²) in [4.78, 5) is 5.06. The molecule has 2 rings (SSSR count). The van der Waals surface area contributed by atoms with Crippen LogP contribution in [0.4, 0.5) is 0 Å². The number of hydrogen-bond donors (Lipinski definition) is 1. The number of thioether (sulfide) groups is 1. The SMILES string of the molecule is NCC(Sc1ccc(Cl)c(Cl)c1)c1ccncc1. The number of aromatic nitrogens is 1. The molecule has 0 aliphatic rings. The van der Waals surface area contributed by atoms with E-state index in [1.807, 2.05) is 24.3 Å². The van der Waals surface area contributed by atoms with Crippen LogP contribution in [0.5, 0.6) is 0 Å². The Morgan fingerprint density at radius 2 is 1.83 bits per heavy atom. The number of halogens is 2. The lowest BCUT2D eigenvalue weighted by atomic mass is 10.2. The van der Waals surface area contributed by atoms with Gasteiger partial charge in [-0.25, -0.2) is 0 Å². The Labute approximate surface area is 121 Å². The van der Waals surface area contributed by atoms with Gasteiger partial charge < -0.3 is 5.73 Å². The van der Waals surface area contributed by atoms with Gasteiger partial charge in [0.2, 0.25) is 0 Å². The Morgan fingerprint density at radius 3 is 2.44 bits per heavy atom. The van der Waals surface area contributed by atoms with Crippen molar-refractivity contribution in [3.63, 3.8) is 0 Å². The van der Waals surface area contributed by atoms with Crippen LogP contribution in [0, 0.1) is 0 Å². The quantitative estimate of drug-likeness (QED) is 0.861. The molecule has 0 bridgehead atoms. The Bertz CT molecular complexity index is 520. The summed E-state index contributed by atoms with van der Waals surface area (Å²) in [5.41, 5.74) is 6.98. The van der Waals surface area contributed by atoms with Crippen LogP contribution in [0.25, 0.3) is 0 Å². The Balaban J connectivity index is 2.18. The van der Waals surface area contributed by atoms with Crippen molar-refractivity contribution < 1.29 is 0 Å². The first-order valence-corrected chi connectivity index (χ1v) is 7.06. The minimum atomic E-state index is 0.185. The minimum absolute atomic E-state index is 0.185. The molecule has 0 saturated carbocycles. The van der Waals surface area contributed by atoms with Gasteiger partial charge in [-0.15, -0.1) is 11.8 Å². The summed E-state index contributed by atoms with van der Waals surface area (Å²) >= 11 is 13.6. The van der Waals surface area contributed by atoms with Gasteiger partial charge in [0.15, 0.2) is 0 Å². The number of rotatable bonds is 4. The first kappa shape index (κ1) is 13.7. The Hall–Kier alpha value is -0.740. The number of nitrogens with two attached hydrogens (primary N) is 1. The first-order valence-electron chi connectivity index (χ1n) is 5.42. The van der Waals surface area contributed by atoms with Gasteiger partial charge in [-0.05, 0) is 35.9 Å². The van der Waals surface area contributed by atoms with Crippen LogP contribution in [0.15, 0.2) is 47.6 Å². The molecule has 1 aromatic heterocycles. The van der Waals surface area contributed by atoms with Gasteiger partial charge in [0.1, 0.15) is 0 Å². The zero-order valence-corrected chi connectivity index (χ0v) is 11.8. The van der Waals surface area contributed by atoms with Crippen molar-refractivity contribution in [2.75, 3.05) is 6.54 Å². The standard InChI is InChI=1S/C13H12Cl2N2S/c14-11-2-1-10(7-12(11)15)18-13(8-16)9-3-5-17-6-4-9/h1-7,13H,8,16H2. The van der Waals surface area contributed by atoms with Crippen LogP contribution in [0.3, 0.4) is 0 Å². The lowest BCUT2D eigenvalue weighted by Crippen LogP contribution is -2.09. The zero-order chi connectivity index (χ0) is 13.0. The monoisotopic (exact) mass is 298 g/mol. The second-order valence-electron chi connectivity index (χ2n) is 3.70. The molecule has 0 saturated heterocycles. The molecule has 0 amide bonds. The van der Waals surface area contributed by atoms with E-state index < -0.39 is 0 Å². The average Bonchev–Trinajstić information content (AvgIpc) is 2.41. The number of benzene rings is 1. The minimum Gasteiger partial charge on any atom is -0.329 e. The van der Waals surface area contributed by atoms with Crippen molar-refractivity contribution in [1.29, 1.82) is 0 Å². The van der Waals surface area contributed by atoms with E-state index in [0.717, 1.165) is 10.5 Å². The van der Waals surface area contributed by atoms with Crippen LogP contribution in [-0.4, -0.2) is 11.5 Å². The highest BCUT2D eigenvalue weighted by Gasteiger charge is 2.12. The molecule has 2 N–H and O–H groups in total. The molecule has 2 nitrogen and oxygen atoms in total. The van der Waals surface area contributed by atoms with Crippen LogP contribution >= 0.6 is 35.0 Å². The van der Waals surface area contributed by atoms with Crippen LogP contribution in [0.2, 0.25) is 10.0 Å². The largest absolute Gasteiger partial charge is 0.329 e. The first-order chi connectivity index (χ1) is 8.70. The van der Waals surface area contributed by atoms with E-state index in [1.54, 1.807) is 30.2 Å². The smallest absolute Gasteiger partial charge is 0.0603 e. The topological polar surface area (TPSA) is 38.9 Å². The third-order valence-electron chi connectivity index (χ3n) is 2.46. The van der Waals surface area contributed by atoms with E-state index in [1.165, 1.54) is 0 Å². The fraction of sp³-hybridized carbons (Fsp3) is 0.154. The molecule has 5 heteroatoms. The van der Waals surface area contributed by atoms with Crippen molar-refractivity contribution in [2.45, 2.75) is 10.1 Å². The van der Waals surface area contributed by atoms with Gasteiger partial charge in [-0.1, -0.05) is 23.2 Å². The summed E-state index contributed by atoms with van der Waals surface area (Å²) in [6.07, 6.45) is 3.54. The Kier molecular flexibility index (Phi) is 4.89. The average molecular weight is 299 g/mol. The van der Waals surface area contributed by atoms with E-state index in [9.17, 15) is 0 Å². The summed E-state index contributed by atoms with van der Waals surface area (Å²) in [5.74, 6) is 0. The molecule has 1 unspecified atom stereocenters. The predicted molar refractivity (Wildman–Crippen MR) is 78.4 cm³/mol. The van der Waals surface area contributed by atoms with Crippen molar-refractivity contribution in [2.24, 2.45) is 5.73 Å². The molecular formula is C13H12Cl2N2S. The molecule has 18 heavy (non-hydrogen) atoms. The van der Waals surface area contributed by atoms with Crippen molar-refractivity contribution >= 4 is 35.0 Å². The number of hydrogen-bond acceptors (Lipinski definition) is 3. The van der Waals surface area contributed by atoms with E-state index in [2.05, 4.69) is 4.98 Å². The highest BCUT2D eigenvalue weighted by atomic mass is 35.5. The van der Waals surface area contributed by atoms with E-state index >= 15 is 0 Å². The van der Waals surface area contributed by atoms with Crippen LogP contribution in [0.1, 0.15) is 10.8 Å². The summed E-state index contributed by atoms with van der Waals surface area (Å²) in [6, 6.07) is 9.55. The molecule has 1 heterocycles. The highest BCUT2D eigenvalue weighted by Crippen LogP contribution is 2.36. The van der Waals surface area contributed by atoms with Crippen molar-refractivity contribution in [3.8, 4) is 0 Å². The third kappa shape index (κ3) is 3.39. The number of pyridine rings is 1. The van der Waals surface area contributed by atoms with Gasteiger partial charge in [0, 0.05) is 29.1 Å². The zero-order valence-electron chi connectivity index (χ0n) is 9.51. The maximum Gasteiger partial charge on any atom is 0.0603 e. The molecule has 1 atom stereocenters. The highest BCUT2D eigenvalue weighted by molar-refractivity contribution is 7.99. The summed E-state index contributed by atoms with van der Waals surface area (Å²) < 4.78 is 0. The maximum absolute atomic E-state index is 6.00. The van der Waals surface area contributed by atoms with Gasteiger partial charge in [0.25, 0.3) is 0 Å². The lowest BCUT2D eigenvalue weighted by molar-refractivity contribution is 0.937. The van der Waals surface area contributed by atoms with Gasteiger partial charge in [-0.3, -0.25) is 4.98 Å². The molecule has 1 aromatic carbocycles. The van der Waals surface area contributed by atoms with Gasteiger partial charge >= 0.3 is 0 Å².